The van der Waals surface area contributed by atoms with Crippen LogP contribution < -0.4 is 0 Å². The van der Waals surface area contributed by atoms with Crippen molar-refractivity contribution in [3.8, 4) is 0 Å². The van der Waals surface area contributed by atoms with Crippen LogP contribution >= 0.6 is 27.3 Å². The van der Waals surface area contributed by atoms with Gasteiger partial charge in [-0.1, -0.05) is 19.3 Å². The van der Waals surface area contributed by atoms with E-state index >= 15 is 0 Å². The molecule has 0 aromatic carbocycles. The molecule has 0 radical (unpaired) electrons. The molecule has 1 fully saturated rings. The van der Waals surface area contributed by atoms with E-state index in [1.165, 1.54) is 24.1 Å². The van der Waals surface area contributed by atoms with Gasteiger partial charge in [0.2, 0.25) is 0 Å². The largest absolute Gasteiger partial charge is 0.299 e. The Kier molecular flexibility index (Phi) is 3.98. The average Bonchev–Trinajstić information content (AvgIpc) is 2.65. The summed E-state index contributed by atoms with van der Waals surface area (Å²) < 4.78 is 1.12. The molecule has 1 aliphatic carbocycles. The minimum Gasteiger partial charge on any atom is -0.299 e. The van der Waals surface area contributed by atoms with Crippen LogP contribution in [-0.2, 0) is 11.2 Å². The van der Waals surface area contributed by atoms with Crippen LogP contribution in [0.2, 0.25) is 0 Å². The second kappa shape index (κ2) is 5.26. The molecule has 1 aliphatic rings. The lowest BCUT2D eigenvalue weighted by Crippen LogP contribution is -2.19. The highest BCUT2D eigenvalue weighted by atomic mass is 79.9. The molecule has 82 valence electrons. The molecule has 0 aliphatic heterocycles. The summed E-state index contributed by atoms with van der Waals surface area (Å²) in [5, 5.41) is 0. The van der Waals surface area contributed by atoms with E-state index in [1.807, 2.05) is 6.07 Å². The van der Waals surface area contributed by atoms with Crippen molar-refractivity contribution in [2.75, 3.05) is 0 Å². The van der Waals surface area contributed by atoms with Crippen LogP contribution in [0.3, 0.4) is 0 Å². The van der Waals surface area contributed by atoms with Crippen LogP contribution in [0.5, 0.6) is 0 Å². The van der Waals surface area contributed by atoms with Crippen LogP contribution in [0.1, 0.15) is 37.0 Å². The number of hydrogen-bond acceptors (Lipinski definition) is 2. The summed E-state index contributed by atoms with van der Waals surface area (Å²) in [5.74, 6) is 0.795. The maximum absolute atomic E-state index is 12.0. The van der Waals surface area contributed by atoms with Gasteiger partial charge in [-0.2, -0.15) is 0 Å². The zero-order chi connectivity index (χ0) is 10.7. The number of carbonyl (C=O) groups is 1. The summed E-state index contributed by atoms with van der Waals surface area (Å²) >= 11 is 5.10. The second-order valence-electron chi connectivity index (χ2n) is 4.18. The maximum Gasteiger partial charge on any atom is 0.141 e. The standard InChI is InChI=1S/C12H15BrOS/c13-12-7-6-10(15-12)8-11(14)9-4-2-1-3-5-9/h6-7,9H,1-5,8H2. The van der Waals surface area contributed by atoms with Gasteiger partial charge >= 0.3 is 0 Å². The molecule has 0 bridgehead atoms. The molecule has 0 amide bonds. The fourth-order valence-electron chi connectivity index (χ4n) is 2.19. The Bertz CT molecular complexity index is 339. The molecule has 0 atom stereocenters. The molecule has 1 aromatic heterocycles. The first-order valence-corrected chi connectivity index (χ1v) is 7.13. The predicted molar refractivity (Wildman–Crippen MR) is 67.3 cm³/mol. The van der Waals surface area contributed by atoms with Crippen molar-refractivity contribution >= 4 is 33.0 Å². The van der Waals surface area contributed by atoms with Crippen LogP contribution in [0.4, 0.5) is 0 Å². The SMILES string of the molecule is O=C(Cc1ccc(Br)s1)C1CCCCC1. The van der Waals surface area contributed by atoms with Crippen LogP contribution in [0.25, 0.3) is 0 Å². The van der Waals surface area contributed by atoms with Crippen molar-refractivity contribution in [2.24, 2.45) is 5.92 Å². The number of halogens is 1. The molecule has 0 spiro atoms. The van der Waals surface area contributed by atoms with E-state index in [4.69, 9.17) is 0 Å². The van der Waals surface area contributed by atoms with E-state index in [1.54, 1.807) is 11.3 Å². The van der Waals surface area contributed by atoms with Crippen LogP contribution in [0.15, 0.2) is 15.9 Å². The molecule has 15 heavy (non-hydrogen) atoms. The topological polar surface area (TPSA) is 17.1 Å². The molecule has 1 saturated carbocycles. The number of thiophene rings is 1. The third kappa shape index (κ3) is 3.15. The first-order chi connectivity index (χ1) is 7.25. The smallest absolute Gasteiger partial charge is 0.141 e. The Balaban J connectivity index is 1.91. The van der Waals surface area contributed by atoms with Crippen molar-refractivity contribution in [1.82, 2.24) is 0 Å². The molecule has 0 unspecified atom stereocenters. The maximum atomic E-state index is 12.0. The normalized spacial score (nSPS) is 17.9. The van der Waals surface area contributed by atoms with E-state index in [9.17, 15) is 4.79 Å². The average molecular weight is 287 g/mol. The zero-order valence-electron chi connectivity index (χ0n) is 8.67. The summed E-state index contributed by atoms with van der Waals surface area (Å²) in [6.07, 6.45) is 6.67. The molecule has 1 nitrogen and oxygen atoms in total. The van der Waals surface area contributed by atoms with Crippen molar-refractivity contribution in [2.45, 2.75) is 38.5 Å². The van der Waals surface area contributed by atoms with Gasteiger partial charge in [0.15, 0.2) is 0 Å². The first kappa shape index (κ1) is 11.3. The van der Waals surface area contributed by atoms with E-state index in [0.717, 1.165) is 16.6 Å². The van der Waals surface area contributed by atoms with Gasteiger partial charge < -0.3 is 0 Å². The summed E-state index contributed by atoms with van der Waals surface area (Å²) in [5.41, 5.74) is 0. The van der Waals surface area contributed by atoms with Crippen LogP contribution in [-0.4, -0.2) is 5.78 Å². The minimum atomic E-state index is 0.347. The molecule has 1 aromatic rings. The van der Waals surface area contributed by atoms with Gasteiger partial charge in [-0.05, 0) is 40.9 Å². The molecule has 0 N–H and O–H groups in total. The fraction of sp³-hybridized carbons (Fsp3) is 0.583. The second-order valence-corrected chi connectivity index (χ2v) is 6.73. The third-order valence-corrected chi connectivity index (χ3v) is 4.66. The van der Waals surface area contributed by atoms with E-state index in [-0.39, 0.29) is 0 Å². The Morgan fingerprint density at radius 3 is 2.67 bits per heavy atom. The number of ketones is 1. The van der Waals surface area contributed by atoms with Gasteiger partial charge in [-0.15, -0.1) is 11.3 Å². The van der Waals surface area contributed by atoms with Crippen molar-refractivity contribution < 1.29 is 4.79 Å². The highest BCUT2D eigenvalue weighted by Gasteiger charge is 2.21. The number of hydrogen-bond donors (Lipinski definition) is 0. The van der Waals surface area contributed by atoms with Gasteiger partial charge in [0.25, 0.3) is 0 Å². The van der Waals surface area contributed by atoms with Gasteiger partial charge in [-0.25, -0.2) is 0 Å². The Morgan fingerprint density at radius 1 is 1.33 bits per heavy atom. The number of carbonyl (C=O) groups excluding carboxylic acids is 1. The zero-order valence-corrected chi connectivity index (χ0v) is 11.1. The Labute approximate surface area is 103 Å². The third-order valence-electron chi connectivity index (χ3n) is 3.04. The molecule has 1 heterocycles. The van der Waals surface area contributed by atoms with Crippen molar-refractivity contribution in [3.63, 3.8) is 0 Å². The minimum absolute atomic E-state index is 0.347. The van der Waals surface area contributed by atoms with E-state index < -0.39 is 0 Å². The summed E-state index contributed by atoms with van der Waals surface area (Å²) in [6, 6.07) is 4.07. The highest BCUT2D eigenvalue weighted by molar-refractivity contribution is 9.11. The van der Waals surface area contributed by atoms with Gasteiger partial charge in [0.1, 0.15) is 5.78 Å². The molecular formula is C12H15BrOS. The van der Waals surface area contributed by atoms with E-state index in [0.29, 0.717) is 18.1 Å². The predicted octanol–water partition coefficient (Wildman–Crippen LogP) is 4.20. The first-order valence-electron chi connectivity index (χ1n) is 5.52. The van der Waals surface area contributed by atoms with Crippen LogP contribution in [0, 0.1) is 5.92 Å². The lowest BCUT2D eigenvalue weighted by molar-refractivity contribution is -0.123. The van der Waals surface area contributed by atoms with Crippen molar-refractivity contribution in [1.29, 1.82) is 0 Å². The molecular weight excluding hydrogens is 272 g/mol. The Morgan fingerprint density at radius 2 is 2.07 bits per heavy atom. The fourth-order valence-corrected chi connectivity index (χ4v) is 3.68. The van der Waals surface area contributed by atoms with Gasteiger partial charge in [0.05, 0.1) is 3.79 Å². The summed E-state index contributed by atoms with van der Waals surface area (Å²) in [4.78, 5) is 13.2. The quantitative estimate of drug-likeness (QED) is 0.814. The number of Topliss-reactive ketones (excluding diaryl/α,β-unsaturated/α-hetero) is 1. The summed E-state index contributed by atoms with van der Waals surface area (Å²) in [7, 11) is 0. The van der Waals surface area contributed by atoms with Crippen molar-refractivity contribution in [3.05, 3.63) is 20.8 Å². The number of rotatable bonds is 3. The molecule has 0 saturated heterocycles. The summed E-state index contributed by atoms with van der Waals surface area (Å²) in [6.45, 7) is 0. The lowest BCUT2D eigenvalue weighted by atomic mass is 9.85. The van der Waals surface area contributed by atoms with Gasteiger partial charge in [0, 0.05) is 17.2 Å². The monoisotopic (exact) mass is 286 g/mol. The highest BCUT2D eigenvalue weighted by Crippen LogP contribution is 2.28. The lowest BCUT2D eigenvalue weighted by Gasteiger charge is -2.19. The molecule has 3 heteroatoms. The van der Waals surface area contributed by atoms with E-state index in [2.05, 4.69) is 22.0 Å². The molecule has 2 rings (SSSR count). The van der Waals surface area contributed by atoms with Gasteiger partial charge in [-0.3, -0.25) is 4.79 Å². The Hall–Kier alpha value is -0.150.